The molecule has 2 rings (SSSR count). The summed E-state index contributed by atoms with van der Waals surface area (Å²) in [6.45, 7) is 4.57. The molecule has 0 saturated heterocycles. The highest BCUT2D eigenvalue weighted by molar-refractivity contribution is 7.17. The number of carbonyl (C=O) groups is 3. The molecule has 0 fully saturated rings. The summed E-state index contributed by atoms with van der Waals surface area (Å²) in [6, 6.07) is 8.78. The third kappa shape index (κ3) is 4.39. The topological polar surface area (TPSA) is 100 Å². The summed E-state index contributed by atoms with van der Waals surface area (Å²) in [5, 5.41) is 3.16. The van der Waals surface area contributed by atoms with Gasteiger partial charge in [-0.05, 0) is 13.8 Å². The number of hydrazine groups is 1. The standard InChI is InChI=1S/C16H18N4O3S/c1-9-13(24-16(18-9)12-7-5-4-6-8-12)15(23)20-19-14(22)10(2)17-11(3)21/h4-8,10H,1-3H3,(H,17,21)(H,19,22)(H,20,23)/t10-/m0/s1. The minimum atomic E-state index is -0.745. The molecule has 0 aliphatic heterocycles. The average Bonchev–Trinajstić information content (AvgIpc) is 2.94. The van der Waals surface area contributed by atoms with Gasteiger partial charge in [-0.25, -0.2) is 4.98 Å². The van der Waals surface area contributed by atoms with Gasteiger partial charge >= 0.3 is 0 Å². The Labute approximate surface area is 143 Å². The summed E-state index contributed by atoms with van der Waals surface area (Å²) in [6.07, 6.45) is 0. The van der Waals surface area contributed by atoms with Crippen LogP contribution in [0.4, 0.5) is 0 Å². The molecular formula is C16H18N4O3S. The minimum absolute atomic E-state index is 0.324. The first-order valence-corrected chi connectivity index (χ1v) is 8.10. The third-order valence-corrected chi connectivity index (χ3v) is 4.34. The smallest absolute Gasteiger partial charge is 0.281 e. The van der Waals surface area contributed by atoms with E-state index in [0.717, 1.165) is 10.6 Å². The summed E-state index contributed by atoms with van der Waals surface area (Å²) in [4.78, 5) is 39.7. The van der Waals surface area contributed by atoms with Gasteiger partial charge in [-0.15, -0.1) is 11.3 Å². The lowest BCUT2D eigenvalue weighted by molar-refractivity contribution is -0.128. The summed E-state index contributed by atoms with van der Waals surface area (Å²) < 4.78 is 0. The molecule has 0 spiro atoms. The van der Waals surface area contributed by atoms with Gasteiger partial charge < -0.3 is 5.32 Å². The van der Waals surface area contributed by atoms with E-state index in [1.54, 1.807) is 6.92 Å². The second kappa shape index (κ2) is 7.69. The Morgan fingerprint density at radius 1 is 1.12 bits per heavy atom. The van der Waals surface area contributed by atoms with Crippen molar-refractivity contribution in [1.82, 2.24) is 21.2 Å². The third-order valence-electron chi connectivity index (χ3n) is 3.14. The number of benzene rings is 1. The van der Waals surface area contributed by atoms with E-state index < -0.39 is 17.9 Å². The molecule has 2 aromatic rings. The van der Waals surface area contributed by atoms with Crippen molar-refractivity contribution in [2.24, 2.45) is 0 Å². The van der Waals surface area contributed by atoms with Crippen LogP contribution in [0.3, 0.4) is 0 Å². The van der Waals surface area contributed by atoms with Crippen LogP contribution in [0.5, 0.6) is 0 Å². The molecule has 0 saturated carbocycles. The first-order chi connectivity index (χ1) is 11.4. The van der Waals surface area contributed by atoms with E-state index in [9.17, 15) is 14.4 Å². The maximum atomic E-state index is 12.2. The van der Waals surface area contributed by atoms with Gasteiger partial charge in [-0.3, -0.25) is 25.2 Å². The highest BCUT2D eigenvalue weighted by Gasteiger charge is 2.18. The molecule has 1 aromatic carbocycles. The molecule has 1 heterocycles. The zero-order valence-electron chi connectivity index (χ0n) is 13.5. The molecule has 8 heteroatoms. The number of hydrogen-bond donors (Lipinski definition) is 3. The molecule has 7 nitrogen and oxygen atoms in total. The lowest BCUT2D eigenvalue weighted by Crippen LogP contribution is -2.50. The molecule has 1 atom stereocenters. The summed E-state index contributed by atoms with van der Waals surface area (Å²) >= 11 is 1.25. The van der Waals surface area contributed by atoms with Gasteiger partial charge in [0.2, 0.25) is 5.91 Å². The Morgan fingerprint density at radius 3 is 2.42 bits per heavy atom. The minimum Gasteiger partial charge on any atom is -0.345 e. The van der Waals surface area contributed by atoms with Gasteiger partial charge in [0.15, 0.2) is 0 Å². The number of carbonyl (C=O) groups excluding carboxylic acids is 3. The Bertz CT molecular complexity index is 758. The number of nitrogens with one attached hydrogen (secondary N) is 3. The van der Waals surface area contributed by atoms with Crippen molar-refractivity contribution in [3.05, 3.63) is 40.9 Å². The quantitative estimate of drug-likeness (QED) is 0.729. The Hall–Kier alpha value is -2.74. The average molecular weight is 346 g/mol. The molecule has 3 amide bonds. The molecule has 0 aliphatic rings. The van der Waals surface area contributed by atoms with Crippen LogP contribution in [0.25, 0.3) is 10.6 Å². The van der Waals surface area contributed by atoms with Gasteiger partial charge in [0.25, 0.3) is 11.8 Å². The van der Waals surface area contributed by atoms with Crippen molar-refractivity contribution < 1.29 is 14.4 Å². The lowest BCUT2D eigenvalue weighted by atomic mass is 10.2. The maximum absolute atomic E-state index is 12.2. The molecular weight excluding hydrogens is 328 g/mol. The zero-order chi connectivity index (χ0) is 17.7. The Morgan fingerprint density at radius 2 is 1.79 bits per heavy atom. The van der Waals surface area contributed by atoms with Crippen LogP contribution in [0.15, 0.2) is 30.3 Å². The van der Waals surface area contributed by atoms with Crippen molar-refractivity contribution in [1.29, 1.82) is 0 Å². The molecule has 0 aliphatic carbocycles. The van der Waals surface area contributed by atoms with Crippen molar-refractivity contribution in [3.8, 4) is 10.6 Å². The first kappa shape index (κ1) is 17.6. The van der Waals surface area contributed by atoms with Gasteiger partial charge in [-0.2, -0.15) is 0 Å². The number of rotatable bonds is 4. The number of amides is 3. The van der Waals surface area contributed by atoms with Crippen molar-refractivity contribution in [2.45, 2.75) is 26.8 Å². The molecule has 24 heavy (non-hydrogen) atoms. The molecule has 0 unspecified atom stereocenters. The number of aromatic nitrogens is 1. The predicted molar refractivity (Wildman–Crippen MR) is 91.2 cm³/mol. The molecule has 0 bridgehead atoms. The molecule has 1 aromatic heterocycles. The van der Waals surface area contributed by atoms with Crippen LogP contribution in [0, 0.1) is 6.92 Å². The summed E-state index contributed by atoms with van der Waals surface area (Å²) in [7, 11) is 0. The highest BCUT2D eigenvalue weighted by Crippen LogP contribution is 2.27. The fourth-order valence-corrected chi connectivity index (χ4v) is 2.93. The van der Waals surface area contributed by atoms with Crippen LogP contribution in [-0.4, -0.2) is 28.7 Å². The molecule has 0 radical (unpaired) electrons. The Balaban J connectivity index is 2.02. The fourth-order valence-electron chi connectivity index (χ4n) is 1.97. The van der Waals surface area contributed by atoms with E-state index in [0.29, 0.717) is 10.6 Å². The number of hydrogen-bond acceptors (Lipinski definition) is 5. The summed E-state index contributed by atoms with van der Waals surface area (Å²) in [5.41, 5.74) is 6.13. The maximum Gasteiger partial charge on any atom is 0.281 e. The largest absolute Gasteiger partial charge is 0.345 e. The van der Waals surface area contributed by atoms with E-state index in [1.165, 1.54) is 25.2 Å². The van der Waals surface area contributed by atoms with Gasteiger partial charge in [0, 0.05) is 12.5 Å². The number of nitrogens with zero attached hydrogens (tertiary/aromatic N) is 1. The second-order valence-electron chi connectivity index (χ2n) is 5.17. The van der Waals surface area contributed by atoms with Crippen LogP contribution in [-0.2, 0) is 9.59 Å². The lowest BCUT2D eigenvalue weighted by Gasteiger charge is -2.13. The second-order valence-corrected chi connectivity index (χ2v) is 6.16. The van der Waals surface area contributed by atoms with Crippen LogP contribution in [0.1, 0.15) is 29.2 Å². The van der Waals surface area contributed by atoms with Crippen molar-refractivity contribution in [2.75, 3.05) is 0 Å². The monoisotopic (exact) mass is 346 g/mol. The van der Waals surface area contributed by atoms with Gasteiger partial charge in [0.05, 0.1) is 5.69 Å². The zero-order valence-corrected chi connectivity index (χ0v) is 14.4. The number of aryl methyl sites for hydroxylation is 1. The van der Waals surface area contributed by atoms with Gasteiger partial charge in [-0.1, -0.05) is 30.3 Å². The van der Waals surface area contributed by atoms with E-state index in [2.05, 4.69) is 21.2 Å². The number of thiazole rings is 1. The summed E-state index contributed by atoms with van der Waals surface area (Å²) in [5.74, 6) is -1.28. The van der Waals surface area contributed by atoms with E-state index in [4.69, 9.17) is 0 Å². The molecule has 126 valence electrons. The molecule has 3 N–H and O–H groups in total. The van der Waals surface area contributed by atoms with Crippen molar-refractivity contribution >= 4 is 29.1 Å². The normalized spacial score (nSPS) is 11.5. The first-order valence-electron chi connectivity index (χ1n) is 7.28. The van der Waals surface area contributed by atoms with Gasteiger partial charge in [0.1, 0.15) is 15.9 Å². The highest BCUT2D eigenvalue weighted by atomic mass is 32.1. The SMILES string of the molecule is CC(=O)N[C@@H](C)C(=O)NNC(=O)c1sc(-c2ccccc2)nc1C. The predicted octanol–water partition coefficient (Wildman–Crippen LogP) is 1.40. The van der Waals surface area contributed by atoms with E-state index in [1.807, 2.05) is 30.3 Å². The van der Waals surface area contributed by atoms with Crippen LogP contribution < -0.4 is 16.2 Å². The van der Waals surface area contributed by atoms with Crippen molar-refractivity contribution in [3.63, 3.8) is 0 Å². The fraction of sp³-hybridized carbons (Fsp3) is 0.250. The van der Waals surface area contributed by atoms with Crippen LogP contribution in [0.2, 0.25) is 0 Å². The van der Waals surface area contributed by atoms with E-state index in [-0.39, 0.29) is 5.91 Å². The van der Waals surface area contributed by atoms with Crippen LogP contribution >= 0.6 is 11.3 Å². The van der Waals surface area contributed by atoms with E-state index >= 15 is 0 Å². The Kier molecular flexibility index (Phi) is 5.64.